The maximum atomic E-state index is 6.56. The number of hydrogen-bond donors (Lipinski definition) is 0. The fourth-order valence-electron chi connectivity index (χ4n) is 4.32. The molecule has 0 spiro atoms. The van der Waals surface area contributed by atoms with Gasteiger partial charge in [0.15, 0.2) is 11.5 Å². The number of rotatable bonds is 10. The van der Waals surface area contributed by atoms with Crippen LogP contribution in [0.4, 0.5) is 0 Å². The van der Waals surface area contributed by atoms with Gasteiger partial charge in [0.1, 0.15) is 5.75 Å². The molecule has 1 saturated heterocycles. The molecule has 31 heavy (non-hydrogen) atoms. The van der Waals surface area contributed by atoms with E-state index >= 15 is 0 Å². The Kier molecular flexibility index (Phi) is 8.88. The molecule has 0 N–H and O–H groups in total. The predicted molar refractivity (Wildman–Crippen MR) is 127 cm³/mol. The van der Waals surface area contributed by atoms with E-state index < -0.39 is 0 Å². The lowest BCUT2D eigenvalue weighted by molar-refractivity contribution is 0.153. The monoisotopic (exact) mass is 446 g/mol. The molecule has 170 valence electrons. The molecule has 1 fully saturated rings. The molecule has 0 saturated carbocycles. The Morgan fingerprint density at radius 3 is 2.29 bits per heavy atom. The lowest BCUT2D eigenvalue weighted by atomic mass is 9.95. The van der Waals surface area contributed by atoms with Crippen LogP contribution >= 0.6 is 11.6 Å². The Bertz CT molecular complexity index is 820. The van der Waals surface area contributed by atoms with E-state index in [-0.39, 0.29) is 0 Å². The molecule has 3 rings (SSSR count). The van der Waals surface area contributed by atoms with Crippen LogP contribution < -0.4 is 14.2 Å². The fourth-order valence-corrected chi connectivity index (χ4v) is 4.61. The third-order valence-corrected chi connectivity index (χ3v) is 6.57. The molecule has 1 aliphatic heterocycles. The van der Waals surface area contributed by atoms with Crippen molar-refractivity contribution in [2.75, 3.05) is 54.6 Å². The maximum absolute atomic E-state index is 6.56. The molecule has 2 aromatic carbocycles. The Balaban J connectivity index is 1.43. The van der Waals surface area contributed by atoms with Crippen molar-refractivity contribution in [1.29, 1.82) is 0 Å². The average Bonchev–Trinajstić information content (AvgIpc) is 2.80. The smallest absolute Gasteiger partial charge is 0.179 e. The molecule has 0 aromatic heterocycles. The van der Waals surface area contributed by atoms with Crippen LogP contribution in [0.5, 0.6) is 17.2 Å². The van der Waals surface area contributed by atoms with Crippen LogP contribution in [-0.4, -0.2) is 64.4 Å². The molecule has 0 radical (unpaired) electrons. The van der Waals surface area contributed by atoms with Crippen molar-refractivity contribution in [2.24, 2.45) is 5.92 Å². The quantitative estimate of drug-likeness (QED) is 0.526. The van der Waals surface area contributed by atoms with Crippen LogP contribution in [0.25, 0.3) is 0 Å². The van der Waals surface area contributed by atoms with E-state index in [0.717, 1.165) is 43.3 Å². The number of ether oxygens (including phenoxy) is 3. The average molecular weight is 447 g/mol. The van der Waals surface area contributed by atoms with Crippen molar-refractivity contribution in [1.82, 2.24) is 9.80 Å². The number of benzene rings is 2. The van der Waals surface area contributed by atoms with Gasteiger partial charge in [-0.1, -0.05) is 29.8 Å². The molecular weight excluding hydrogens is 412 g/mol. The standard InChI is InChI=1S/C25H35ClN2O3/c1-27(18-21-7-10-23(30-3)25(31-4)24(21)26)17-20-12-15-28(16-13-20)14-11-19-5-8-22(29-2)9-6-19/h5-10,20H,11-18H2,1-4H3. The second-order valence-electron chi connectivity index (χ2n) is 8.35. The van der Waals surface area contributed by atoms with Gasteiger partial charge in [0.05, 0.1) is 26.4 Å². The third kappa shape index (κ3) is 6.52. The number of piperidine rings is 1. The summed E-state index contributed by atoms with van der Waals surface area (Å²) in [5, 5.41) is 0.641. The first kappa shape index (κ1) is 23.7. The Labute approximate surface area is 191 Å². The lowest BCUT2D eigenvalue weighted by Gasteiger charge is -2.34. The highest BCUT2D eigenvalue weighted by Crippen LogP contribution is 2.37. The molecule has 0 unspecified atom stereocenters. The van der Waals surface area contributed by atoms with Gasteiger partial charge >= 0.3 is 0 Å². The number of likely N-dealkylation sites (tertiary alicyclic amines) is 1. The Morgan fingerprint density at radius 1 is 0.968 bits per heavy atom. The number of nitrogens with zero attached hydrogens (tertiary/aromatic N) is 2. The minimum absolute atomic E-state index is 0.611. The SMILES string of the molecule is COc1ccc(CCN2CCC(CN(C)Cc3ccc(OC)c(OC)c3Cl)CC2)cc1. The molecule has 0 aliphatic carbocycles. The predicted octanol–water partition coefficient (Wildman–Crippen LogP) is 4.75. The first-order valence-corrected chi connectivity index (χ1v) is 11.3. The molecule has 5 nitrogen and oxygen atoms in total. The first-order valence-electron chi connectivity index (χ1n) is 11.0. The van der Waals surface area contributed by atoms with Crippen LogP contribution in [-0.2, 0) is 13.0 Å². The topological polar surface area (TPSA) is 34.2 Å². The van der Waals surface area contributed by atoms with Crippen molar-refractivity contribution >= 4 is 11.6 Å². The second-order valence-corrected chi connectivity index (χ2v) is 8.73. The molecule has 0 bridgehead atoms. The van der Waals surface area contributed by atoms with Gasteiger partial charge in [0.2, 0.25) is 0 Å². The Morgan fingerprint density at radius 2 is 1.68 bits per heavy atom. The summed E-state index contributed by atoms with van der Waals surface area (Å²) in [7, 11) is 7.13. The number of hydrogen-bond acceptors (Lipinski definition) is 5. The summed E-state index contributed by atoms with van der Waals surface area (Å²) in [5.74, 6) is 2.92. The van der Waals surface area contributed by atoms with E-state index in [1.54, 1.807) is 21.3 Å². The van der Waals surface area contributed by atoms with Gasteiger partial charge in [-0.05, 0) is 74.6 Å². The van der Waals surface area contributed by atoms with Crippen molar-refractivity contribution < 1.29 is 14.2 Å². The van der Waals surface area contributed by atoms with E-state index in [9.17, 15) is 0 Å². The largest absolute Gasteiger partial charge is 0.497 e. The van der Waals surface area contributed by atoms with Crippen molar-refractivity contribution in [2.45, 2.75) is 25.8 Å². The zero-order chi connectivity index (χ0) is 22.2. The van der Waals surface area contributed by atoms with E-state index in [0.29, 0.717) is 16.5 Å². The molecule has 0 amide bonds. The summed E-state index contributed by atoms with van der Waals surface area (Å²) in [4.78, 5) is 4.96. The normalized spacial score (nSPS) is 15.3. The van der Waals surface area contributed by atoms with E-state index in [4.69, 9.17) is 25.8 Å². The second kappa shape index (κ2) is 11.6. The highest BCUT2D eigenvalue weighted by molar-refractivity contribution is 6.33. The van der Waals surface area contributed by atoms with Gasteiger partial charge in [-0.25, -0.2) is 0 Å². The lowest BCUT2D eigenvalue weighted by Crippen LogP contribution is -2.38. The van der Waals surface area contributed by atoms with E-state index in [1.807, 2.05) is 24.3 Å². The van der Waals surface area contributed by atoms with Crippen molar-refractivity contribution in [3.05, 3.63) is 52.5 Å². The summed E-state index contributed by atoms with van der Waals surface area (Å²) < 4.78 is 16.0. The van der Waals surface area contributed by atoms with Gasteiger partial charge in [0.25, 0.3) is 0 Å². The molecule has 1 heterocycles. The summed E-state index contributed by atoms with van der Waals surface area (Å²) >= 11 is 6.56. The summed E-state index contributed by atoms with van der Waals surface area (Å²) in [6.45, 7) is 5.35. The van der Waals surface area contributed by atoms with Crippen LogP contribution in [0.1, 0.15) is 24.0 Å². The van der Waals surface area contributed by atoms with Gasteiger partial charge in [-0.3, -0.25) is 0 Å². The molecular formula is C25H35ClN2O3. The summed E-state index contributed by atoms with van der Waals surface area (Å²) in [6.07, 6.45) is 3.58. The van der Waals surface area contributed by atoms with Gasteiger partial charge in [-0.15, -0.1) is 0 Å². The van der Waals surface area contributed by atoms with Crippen LogP contribution in [0.3, 0.4) is 0 Å². The van der Waals surface area contributed by atoms with Gasteiger partial charge in [-0.2, -0.15) is 0 Å². The zero-order valence-electron chi connectivity index (χ0n) is 19.2. The van der Waals surface area contributed by atoms with Crippen LogP contribution in [0, 0.1) is 5.92 Å². The highest BCUT2D eigenvalue weighted by atomic mass is 35.5. The van der Waals surface area contributed by atoms with Crippen molar-refractivity contribution in [3.8, 4) is 17.2 Å². The molecule has 6 heteroatoms. The van der Waals surface area contributed by atoms with E-state index in [1.165, 1.54) is 31.5 Å². The Hall–Kier alpha value is -1.95. The third-order valence-electron chi connectivity index (χ3n) is 6.16. The summed E-state index contributed by atoms with van der Waals surface area (Å²) in [5.41, 5.74) is 2.44. The van der Waals surface area contributed by atoms with Gasteiger partial charge in [0, 0.05) is 19.6 Å². The van der Waals surface area contributed by atoms with Gasteiger partial charge < -0.3 is 24.0 Å². The number of halogens is 1. The van der Waals surface area contributed by atoms with E-state index in [2.05, 4.69) is 29.0 Å². The maximum Gasteiger partial charge on any atom is 0.179 e. The minimum atomic E-state index is 0.611. The van der Waals surface area contributed by atoms with Crippen LogP contribution in [0.2, 0.25) is 5.02 Å². The molecule has 0 atom stereocenters. The highest BCUT2D eigenvalue weighted by Gasteiger charge is 2.21. The summed E-state index contributed by atoms with van der Waals surface area (Å²) in [6, 6.07) is 12.4. The van der Waals surface area contributed by atoms with Crippen molar-refractivity contribution in [3.63, 3.8) is 0 Å². The fraction of sp³-hybridized carbons (Fsp3) is 0.520. The first-order chi connectivity index (χ1) is 15.0. The van der Waals surface area contributed by atoms with Crippen LogP contribution in [0.15, 0.2) is 36.4 Å². The zero-order valence-corrected chi connectivity index (χ0v) is 20.0. The molecule has 2 aromatic rings. The minimum Gasteiger partial charge on any atom is -0.497 e. The number of methoxy groups -OCH3 is 3. The molecule has 1 aliphatic rings.